The molecular weight excluding hydrogens is 200 g/mol. The van der Waals surface area contributed by atoms with Crippen molar-refractivity contribution in [1.29, 1.82) is 0 Å². The highest BCUT2D eigenvalue weighted by molar-refractivity contribution is 5.08. The zero-order valence-electron chi connectivity index (χ0n) is 10.4. The van der Waals surface area contributed by atoms with Gasteiger partial charge in [-0.25, -0.2) is 0 Å². The molecule has 3 fully saturated rings. The number of aliphatic hydroxyl groups excluding tert-OH is 1. The van der Waals surface area contributed by atoms with E-state index in [-0.39, 0.29) is 0 Å². The molecule has 0 aromatic heterocycles. The Balaban J connectivity index is 1.70. The molecule has 3 saturated carbocycles. The van der Waals surface area contributed by atoms with E-state index in [9.17, 15) is 5.11 Å². The van der Waals surface area contributed by atoms with Gasteiger partial charge in [-0.2, -0.15) is 0 Å². The van der Waals surface area contributed by atoms with Gasteiger partial charge in [-0.3, -0.25) is 0 Å². The predicted molar refractivity (Wildman–Crippen MR) is 62.8 cm³/mol. The van der Waals surface area contributed by atoms with Crippen LogP contribution >= 0.6 is 0 Å². The maximum absolute atomic E-state index is 9.65. The van der Waals surface area contributed by atoms with Gasteiger partial charge in [0.25, 0.3) is 0 Å². The van der Waals surface area contributed by atoms with Crippen LogP contribution in [0.3, 0.4) is 0 Å². The average Bonchev–Trinajstić information content (AvgIpc) is 2.62. The predicted octanol–water partition coefficient (Wildman–Crippen LogP) is 2.80. The van der Waals surface area contributed by atoms with Crippen LogP contribution in [-0.2, 0) is 4.74 Å². The highest BCUT2D eigenvalue weighted by Gasteiger charge is 2.60. The lowest BCUT2D eigenvalue weighted by Crippen LogP contribution is -2.54. The van der Waals surface area contributed by atoms with Gasteiger partial charge in [0.2, 0.25) is 0 Å². The summed E-state index contributed by atoms with van der Waals surface area (Å²) in [5.41, 5.74) is 0. The molecule has 0 aliphatic heterocycles. The monoisotopic (exact) mass is 224 g/mol. The number of aliphatic hydroxyl groups is 1. The Morgan fingerprint density at radius 1 is 1.25 bits per heavy atom. The van der Waals surface area contributed by atoms with E-state index in [4.69, 9.17) is 4.74 Å². The topological polar surface area (TPSA) is 29.5 Å². The lowest BCUT2D eigenvalue weighted by molar-refractivity contribution is -0.229. The minimum Gasteiger partial charge on any atom is -0.368 e. The summed E-state index contributed by atoms with van der Waals surface area (Å²) in [5, 5.41) is 9.65. The van der Waals surface area contributed by atoms with Crippen LogP contribution in [0.15, 0.2) is 0 Å². The third kappa shape index (κ3) is 1.46. The van der Waals surface area contributed by atoms with Gasteiger partial charge in [-0.15, -0.1) is 0 Å². The average molecular weight is 224 g/mol. The summed E-state index contributed by atoms with van der Waals surface area (Å²) in [7, 11) is 0. The second kappa shape index (κ2) is 3.99. The molecule has 0 amide bonds. The molecule has 0 saturated heterocycles. The molecule has 3 aliphatic carbocycles. The van der Waals surface area contributed by atoms with E-state index < -0.39 is 6.29 Å². The van der Waals surface area contributed by atoms with Crippen LogP contribution in [0.2, 0.25) is 0 Å². The molecule has 92 valence electrons. The van der Waals surface area contributed by atoms with Gasteiger partial charge >= 0.3 is 0 Å². The lowest BCUT2D eigenvalue weighted by atomic mass is 9.56. The first-order chi connectivity index (χ1) is 7.72. The molecule has 5 unspecified atom stereocenters. The molecule has 0 aromatic carbocycles. The minimum atomic E-state index is -0.526. The van der Waals surface area contributed by atoms with Gasteiger partial charge in [-0.05, 0) is 55.3 Å². The molecule has 0 heterocycles. The molecular formula is C14H24O2. The minimum absolute atomic E-state index is 0.382. The van der Waals surface area contributed by atoms with Gasteiger partial charge in [-0.1, -0.05) is 20.3 Å². The Morgan fingerprint density at radius 2 is 2.00 bits per heavy atom. The zero-order valence-corrected chi connectivity index (χ0v) is 10.4. The van der Waals surface area contributed by atoms with Crippen molar-refractivity contribution in [3.05, 3.63) is 0 Å². The van der Waals surface area contributed by atoms with Gasteiger partial charge in [0.15, 0.2) is 6.29 Å². The third-order valence-corrected chi connectivity index (χ3v) is 5.44. The SMILES string of the molecule is CCC(O)OC1C2CCCC3C2[C@H]1C[C@@H]3C. The van der Waals surface area contributed by atoms with Crippen molar-refractivity contribution in [1.82, 2.24) is 0 Å². The van der Waals surface area contributed by atoms with Gasteiger partial charge in [0.1, 0.15) is 0 Å². The van der Waals surface area contributed by atoms with E-state index in [0.29, 0.717) is 6.10 Å². The van der Waals surface area contributed by atoms with Crippen LogP contribution in [0.5, 0.6) is 0 Å². The van der Waals surface area contributed by atoms with E-state index in [2.05, 4.69) is 6.92 Å². The maximum Gasteiger partial charge on any atom is 0.154 e. The maximum atomic E-state index is 9.65. The molecule has 3 aliphatic rings. The summed E-state index contributed by atoms with van der Waals surface area (Å²) < 4.78 is 5.84. The first-order valence-electron chi connectivity index (χ1n) is 7.06. The molecule has 0 radical (unpaired) electrons. The van der Waals surface area contributed by atoms with Gasteiger partial charge in [0, 0.05) is 0 Å². The van der Waals surface area contributed by atoms with Crippen molar-refractivity contribution in [3.8, 4) is 0 Å². The van der Waals surface area contributed by atoms with E-state index in [1.54, 1.807) is 0 Å². The number of rotatable bonds is 3. The molecule has 2 heteroatoms. The van der Waals surface area contributed by atoms with Crippen LogP contribution in [0.25, 0.3) is 0 Å². The number of hydrogen-bond donors (Lipinski definition) is 1. The highest BCUT2D eigenvalue weighted by atomic mass is 16.6. The van der Waals surface area contributed by atoms with Crippen LogP contribution < -0.4 is 0 Å². The number of ether oxygens (including phenoxy) is 1. The molecule has 0 spiro atoms. The molecule has 0 bridgehead atoms. The zero-order chi connectivity index (χ0) is 11.3. The van der Waals surface area contributed by atoms with Crippen molar-refractivity contribution in [2.45, 2.75) is 58.3 Å². The number of hydrogen-bond acceptors (Lipinski definition) is 2. The second-order valence-electron chi connectivity index (χ2n) is 6.18. The summed E-state index contributed by atoms with van der Waals surface area (Å²) in [6.07, 6.45) is 6.08. The Morgan fingerprint density at radius 3 is 2.75 bits per heavy atom. The van der Waals surface area contributed by atoms with Crippen molar-refractivity contribution >= 4 is 0 Å². The summed E-state index contributed by atoms with van der Waals surface area (Å²) >= 11 is 0. The first kappa shape index (κ1) is 11.0. The van der Waals surface area contributed by atoms with Gasteiger partial charge < -0.3 is 9.84 Å². The summed E-state index contributed by atoms with van der Waals surface area (Å²) in [4.78, 5) is 0. The second-order valence-corrected chi connectivity index (χ2v) is 6.18. The molecule has 7 atom stereocenters. The summed E-state index contributed by atoms with van der Waals surface area (Å²) in [6, 6.07) is 0. The fourth-order valence-electron chi connectivity index (χ4n) is 4.74. The van der Waals surface area contributed by atoms with Crippen LogP contribution in [0, 0.1) is 29.6 Å². The largest absolute Gasteiger partial charge is 0.368 e. The highest BCUT2D eigenvalue weighted by Crippen LogP contribution is 2.62. The molecule has 0 aromatic rings. The van der Waals surface area contributed by atoms with Crippen molar-refractivity contribution < 1.29 is 9.84 Å². The fourth-order valence-corrected chi connectivity index (χ4v) is 4.74. The van der Waals surface area contributed by atoms with Crippen LogP contribution in [0.1, 0.15) is 46.0 Å². The summed E-state index contributed by atoms with van der Waals surface area (Å²) in [6.45, 7) is 4.40. The Bertz CT molecular complexity index is 259. The van der Waals surface area contributed by atoms with Crippen molar-refractivity contribution in [2.75, 3.05) is 0 Å². The quantitative estimate of drug-likeness (QED) is 0.747. The van der Waals surface area contributed by atoms with E-state index in [1.165, 1.54) is 25.7 Å². The van der Waals surface area contributed by atoms with Crippen LogP contribution in [0.4, 0.5) is 0 Å². The standard InChI is InChI=1S/C14H24O2/c1-3-12(15)16-14-10-6-4-5-9-8(2)7-11(14)13(9)10/h8-15H,3-7H2,1-2H3/t8-,9?,10?,11+,12?,13?,14?/m0/s1. The Kier molecular flexibility index (Phi) is 2.75. The molecule has 1 N–H and O–H groups in total. The Labute approximate surface area is 98.4 Å². The smallest absolute Gasteiger partial charge is 0.154 e. The third-order valence-electron chi connectivity index (χ3n) is 5.44. The van der Waals surface area contributed by atoms with Crippen molar-refractivity contribution in [2.24, 2.45) is 29.6 Å². The van der Waals surface area contributed by atoms with E-state index in [1.807, 2.05) is 6.92 Å². The van der Waals surface area contributed by atoms with Gasteiger partial charge in [0.05, 0.1) is 6.10 Å². The van der Waals surface area contributed by atoms with Crippen LogP contribution in [-0.4, -0.2) is 17.5 Å². The van der Waals surface area contributed by atoms with E-state index >= 15 is 0 Å². The molecule has 16 heavy (non-hydrogen) atoms. The summed E-state index contributed by atoms with van der Waals surface area (Å²) in [5.74, 6) is 4.35. The van der Waals surface area contributed by atoms with E-state index in [0.717, 1.165) is 36.0 Å². The Hall–Kier alpha value is -0.0800. The molecule has 3 rings (SSSR count). The fraction of sp³-hybridized carbons (Fsp3) is 1.00. The first-order valence-corrected chi connectivity index (χ1v) is 7.06. The normalized spacial score (nSPS) is 51.9. The molecule has 2 nitrogen and oxygen atoms in total. The lowest BCUT2D eigenvalue weighted by Gasteiger charge is -2.53. The van der Waals surface area contributed by atoms with Crippen molar-refractivity contribution in [3.63, 3.8) is 0 Å².